The molecular formula is C18H25ClN2O4S. The summed E-state index contributed by atoms with van der Waals surface area (Å²) in [6, 6.07) is 5.74. The molecule has 2 amide bonds. The molecule has 0 aromatic heterocycles. The largest absolute Gasteiger partial charge is 0.454 e. The molecule has 1 rings (SSSR count). The molecule has 0 spiro atoms. The average molecular weight is 401 g/mol. The molecule has 0 heterocycles. The van der Waals surface area contributed by atoms with Gasteiger partial charge in [0, 0.05) is 6.54 Å². The van der Waals surface area contributed by atoms with E-state index in [2.05, 4.69) is 10.6 Å². The molecule has 0 aliphatic heterocycles. The van der Waals surface area contributed by atoms with E-state index in [4.69, 9.17) is 16.3 Å². The Kier molecular flexibility index (Phi) is 10.1. The summed E-state index contributed by atoms with van der Waals surface area (Å²) in [4.78, 5) is 36.3. The number of carbonyl (C=O) groups excluding carboxylic acids is 3. The molecule has 1 aromatic rings. The maximum atomic E-state index is 12.4. The van der Waals surface area contributed by atoms with Crippen molar-refractivity contribution in [2.75, 3.05) is 25.2 Å². The molecule has 0 saturated heterocycles. The molecule has 2 N–H and O–H groups in total. The summed E-state index contributed by atoms with van der Waals surface area (Å²) in [5.74, 6) is -0.503. The summed E-state index contributed by atoms with van der Waals surface area (Å²) < 4.78 is 5.05. The summed E-state index contributed by atoms with van der Waals surface area (Å²) >= 11 is 7.56. The second-order valence-electron chi connectivity index (χ2n) is 6.09. The lowest BCUT2D eigenvalue weighted by atomic mass is 10.1. The summed E-state index contributed by atoms with van der Waals surface area (Å²) in [6.45, 7) is 4.07. The van der Waals surface area contributed by atoms with Crippen LogP contribution in [0.15, 0.2) is 24.3 Å². The zero-order valence-corrected chi connectivity index (χ0v) is 16.8. The highest BCUT2D eigenvalue weighted by molar-refractivity contribution is 7.98. The number of carbonyl (C=O) groups is 3. The van der Waals surface area contributed by atoms with Gasteiger partial charge in [-0.05, 0) is 36.5 Å². The first-order valence-corrected chi connectivity index (χ1v) is 10.1. The first-order valence-electron chi connectivity index (χ1n) is 8.32. The van der Waals surface area contributed by atoms with Gasteiger partial charge in [0.25, 0.3) is 11.8 Å². The Balaban J connectivity index is 2.64. The van der Waals surface area contributed by atoms with Crippen LogP contribution in [0.4, 0.5) is 0 Å². The first-order chi connectivity index (χ1) is 12.3. The molecule has 0 radical (unpaired) electrons. The molecule has 8 heteroatoms. The Bertz CT molecular complexity index is 625. The molecule has 0 aliphatic carbocycles. The predicted molar refractivity (Wildman–Crippen MR) is 105 cm³/mol. The second-order valence-corrected chi connectivity index (χ2v) is 7.49. The van der Waals surface area contributed by atoms with Crippen LogP contribution in [0.1, 0.15) is 30.6 Å². The first kappa shape index (κ1) is 22.3. The van der Waals surface area contributed by atoms with Crippen LogP contribution >= 0.6 is 23.4 Å². The fourth-order valence-electron chi connectivity index (χ4n) is 1.97. The molecular weight excluding hydrogens is 376 g/mol. The van der Waals surface area contributed by atoms with Crippen molar-refractivity contribution in [3.8, 4) is 0 Å². The summed E-state index contributed by atoms with van der Waals surface area (Å²) in [6.07, 6.45) is 2.29. The highest BCUT2D eigenvalue weighted by Gasteiger charge is 2.24. The van der Waals surface area contributed by atoms with Gasteiger partial charge >= 0.3 is 5.97 Å². The lowest BCUT2D eigenvalue weighted by molar-refractivity contribution is -0.150. The van der Waals surface area contributed by atoms with Crippen molar-refractivity contribution >= 4 is 41.1 Å². The number of benzene rings is 1. The van der Waals surface area contributed by atoms with Crippen molar-refractivity contribution in [1.82, 2.24) is 10.6 Å². The maximum absolute atomic E-state index is 12.4. The minimum absolute atomic E-state index is 0.283. The second kappa shape index (κ2) is 11.8. The zero-order chi connectivity index (χ0) is 19.5. The molecule has 0 aliphatic rings. The van der Waals surface area contributed by atoms with Crippen molar-refractivity contribution in [1.29, 1.82) is 0 Å². The highest BCUT2D eigenvalue weighted by atomic mass is 35.5. The Labute approximate surface area is 163 Å². The van der Waals surface area contributed by atoms with Crippen molar-refractivity contribution in [2.24, 2.45) is 5.92 Å². The van der Waals surface area contributed by atoms with Crippen LogP contribution in [0.25, 0.3) is 0 Å². The number of halogens is 1. The number of hydrogen-bond acceptors (Lipinski definition) is 5. The third kappa shape index (κ3) is 8.10. The van der Waals surface area contributed by atoms with Crippen molar-refractivity contribution in [2.45, 2.75) is 26.3 Å². The SMILES string of the molecule is CSCCC(NC(=O)c1ccccc1Cl)C(=O)OCC(=O)NCC(C)C. The molecule has 6 nitrogen and oxygen atoms in total. The van der Waals surface area contributed by atoms with Crippen LogP contribution in [-0.4, -0.2) is 49.0 Å². The third-order valence-corrected chi connectivity index (χ3v) is 4.35. The summed E-state index contributed by atoms with van der Waals surface area (Å²) in [5.41, 5.74) is 0.283. The van der Waals surface area contributed by atoms with Crippen LogP contribution in [0, 0.1) is 5.92 Å². The van der Waals surface area contributed by atoms with Crippen LogP contribution in [0.3, 0.4) is 0 Å². The van der Waals surface area contributed by atoms with E-state index in [0.717, 1.165) is 0 Å². The highest BCUT2D eigenvalue weighted by Crippen LogP contribution is 2.15. The van der Waals surface area contributed by atoms with E-state index in [0.29, 0.717) is 29.7 Å². The van der Waals surface area contributed by atoms with Crippen LogP contribution in [-0.2, 0) is 14.3 Å². The van der Waals surface area contributed by atoms with Crippen LogP contribution in [0.5, 0.6) is 0 Å². The van der Waals surface area contributed by atoms with Gasteiger partial charge in [0.05, 0.1) is 10.6 Å². The number of hydrogen-bond donors (Lipinski definition) is 2. The smallest absolute Gasteiger partial charge is 0.329 e. The van der Waals surface area contributed by atoms with E-state index < -0.39 is 17.9 Å². The molecule has 0 bridgehead atoms. The minimum atomic E-state index is -0.843. The normalized spacial score (nSPS) is 11.7. The number of rotatable bonds is 10. The third-order valence-electron chi connectivity index (χ3n) is 3.37. The molecule has 26 heavy (non-hydrogen) atoms. The summed E-state index contributed by atoms with van der Waals surface area (Å²) in [5, 5.41) is 5.61. The topological polar surface area (TPSA) is 84.5 Å². The van der Waals surface area contributed by atoms with Crippen molar-refractivity contribution < 1.29 is 19.1 Å². The van der Waals surface area contributed by atoms with E-state index in [1.165, 1.54) is 0 Å². The van der Waals surface area contributed by atoms with Gasteiger partial charge in [-0.25, -0.2) is 4.79 Å². The number of esters is 1. The maximum Gasteiger partial charge on any atom is 0.329 e. The lowest BCUT2D eigenvalue weighted by Crippen LogP contribution is -2.43. The molecule has 1 atom stereocenters. The van der Waals surface area contributed by atoms with E-state index >= 15 is 0 Å². The van der Waals surface area contributed by atoms with Gasteiger partial charge in [-0.3, -0.25) is 9.59 Å². The fraction of sp³-hybridized carbons (Fsp3) is 0.500. The molecule has 0 fully saturated rings. The number of amides is 2. The quantitative estimate of drug-likeness (QED) is 0.589. The van der Waals surface area contributed by atoms with Gasteiger partial charge in [-0.2, -0.15) is 11.8 Å². The minimum Gasteiger partial charge on any atom is -0.454 e. The zero-order valence-electron chi connectivity index (χ0n) is 15.2. The molecule has 144 valence electrons. The Morgan fingerprint density at radius 2 is 1.92 bits per heavy atom. The van der Waals surface area contributed by atoms with Gasteiger partial charge in [0.1, 0.15) is 6.04 Å². The Hall–Kier alpha value is -1.73. The van der Waals surface area contributed by atoms with Crippen molar-refractivity contribution in [3.63, 3.8) is 0 Å². The summed E-state index contributed by atoms with van der Waals surface area (Å²) in [7, 11) is 0. The lowest BCUT2D eigenvalue weighted by Gasteiger charge is -2.18. The molecule has 0 saturated carbocycles. The van der Waals surface area contributed by atoms with Gasteiger partial charge in [-0.1, -0.05) is 37.6 Å². The van der Waals surface area contributed by atoms with Gasteiger partial charge in [0.15, 0.2) is 6.61 Å². The standard InChI is InChI=1S/C18H25ClN2O4S/c1-12(2)10-20-16(22)11-25-18(24)15(8-9-26-3)21-17(23)13-6-4-5-7-14(13)19/h4-7,12,15H,8-11H2,1-3H3,(H,20,22)(H,21,23). The van der Waals surface area contributed by atoms with Crippen LogP contribution < -0.4 is 10.6 Å². The number of ether oxygens (including phenoxy) is 1. The van der Waals surface area contributed by atoms with Gasteiger partial charge < -0.3 is 15.4 Å². The predicted octanol–water partition coefficient (Wildman–Crippen LogP) is 2.51. The van der Waals surface area contributed by atoms with Crippen LogP contribution in [0.2, 0.25) is 5.02 Å². The number of nitrogens with one attached hydrogen (secondary N) is 2. The van der Waals surface area contributed by atoms with Gasteiger partial charge in [0.2, 0.25) is 0 Å². The van der Waals surface area contributed by atoms with E-state index in [1.807, 2.05) is 20.1 Å². The molecule has 1 unspecified atom stereocenters. The van der Waals surface area contributed by atoms with Gasteiger partial charge in [-0.15, -0.1) is 0 Å². The Morgan fingerprint density at radius 1 is 1.23 bits per heavy atom. The van der Waals surface area contributed by atoms with E-state index in [-0.39, 0.29) is 18.1 Å². The van der Waals surface area contributed by atoms with E-state index in [1.54, 1.807) is 36.0 Å². The Morgan fingerprint density at radius 3 is 2.54 bits per heavy atom. The van der Waals surface area contributed by atoms with Crippen molar-refractivity contribution in [3.05, 3.63) is 34.9 Å². The monoisotopic (exact) mass is 400 g/mol. The fourth-order valence-corrected chi connectivity index (χ4v) is 2.67. The van der Waals surface area contributed by atoms with E-state index in [9.17, 15) is 14.4 Å². The molecule has 1 aromatic carbocycles. The average Bonchev–Trinajstić information content (AvgIpc) is 2.61. The number of thioether (sulfide) groups is 1.